The van der Waals surface area contributed by atoms with Crippen molar-refractivity contribution in [2.75, 3.05) is 18.5 Å². The SMILES string of the molecule is NS(=O)(=O)c1ccc(NC(=O)C2CCOCC2)cc1Cl. The van der Waals surface area contributed by atoms with Crippen LogP contribution in [0.15, 0.2) is 23.1 Å². The van der Waals surface area contributed by atoms with Crippen LogP contribution in [-0.4, -0.2) is 27.5 Å². The van der Waals surface area contributed by atoms with Gasteiger partial charge in [-0.25, -0.2) is 13.6 Å². The van der Waals surface area contributed by atoms with Crippen LogP contribution >= 0.6 is 11.6 Å². The quantitative estimate of drug-likeness (QED) is 0.878. The lowest BCUT2D eigenvalue weighted by molar-refractivity contribution is -0.122. The van der Waals surface area contributed by atoms with Gasteiger partial charge in [0.1, 0.15) is 4.90 Å². The molecule has 1 amide bonds. The number of rotatable bonds is 3. The molecule has 2 rings (SSSR count). The smallest absolute Gasteiger partial charge is 0.239 e. The molecule has 0 spiro atoms. The van der Waals surface area contributed by atoms with Gasteiger partial charge in [-0.3, -0.25) is 4.79 Å². The molecule has 1 aromatic carbocycles. The maximum atomic E-state index is 12.0. The van der Waals surface area contributed by atoms with Gasteiger partial charge in [0.25, 0.3) is 0 Å². The first-order chi connectivity index (χ1) is 9.38. The number of carbonyl (C=O) groups is 1. The summed E-state index contributed by atoms with van der Waals surface area (Å²) in [7, 11) is -3.86. The highest BCUT2D eigenvalue weighted by atomic mass is 35.5. The van der Waals surface area contributed by atoms with Crippen LogP contribution in [0.1, 0.15) is 12.8 Å². The van der Waals surface area contributed by atoms with Gasteiger partial charge in [0.05, 0.1) is 5.02 Å². The van der Waals surface area contributed by atoms with Crippen LogP contribution in [0.5, 0.6) is 0 Å². The Bertz CT molecular complexity index is 612. The number of nitrogens with two attached hydrogens (primary N) is 1. The summed E-state index contributed by atoms with van der Waals surface area (Å²) in [5.74, 6) is -0.215. The van der Waals surface area contributed by atoms with Crippen molar-refractivity contribution >= 4 is 33.2 Å². The fourth-order valence-corrected chi connectivity index (χ4v) is 3.11. The molecule has 1 aromatic rings. The van der Waals surface area contributed by atoms with E-state index < -0.39 is 10.0 Å². The van der Waals surface area contributed by atoms with E-state index in [9.17, 15) is 13.2 Å². The van der Waals surface area contributed by atoms with E-state index in [0.717, 1.165) is 0 Å². The van der Waals surface area contributed by atoms with Gasteiger partial charge < -0.3 is 10.1 Å². The number of primary sulfonamides is 1. The highest BCUT2D eigenvalue weighted by Gasteiger charge is 2.22. The van der Waals surface area contributed by atoms with Gasteiger partial charge >= 0.3 is 0 Å². The number of hydrogen-bond donors (Lipinski definition) is 2. The molecule has 8 heteroatoms. The van der Waals surface area contributed by atoms with Crippen LogP contribution < -0.4 is 10.5 Å². The summed E-state index contributed by atoms with van der Waals surface area (Å²) < 4.78 is 27.6. The zero-order chi connectivity index (χ0) is 14.8. The fraction of sp³-hybridized carbons (Fsp3) is 0.417. The monoisotopic (exact) mass is 318 g/mol. The van der Waals surface area contributed by atoms with Crippen molar-refractivity contribution in [3.05, 3.63) is 23.2 Å². The minimum Gasteiger partial charge on any atom is -0.381 e. The third-order valence-electron chi connectivity index (χ3n) is 3.10. The lowest BCUT2D eigenvalue weighted by Gasteiger charge is -2.21. The normalized spacial score (nSPS) is 16.9. The Labute approximate surface area is 122 Å². The van der Waals surface area contributed by atoms with E-state index in [1.165, 1.54) is 18.2 Å². The van der Waals surface area contributed by atoms with Gasteiger partial charge in [-0.1, -0.05) is 11.6 Å². The number of amides is 1. The zero-order valence-corrected chi connectivity index (χ0v) is 12.2. The minimum absolute atomic E-state index is 0.0164. The highest BCUT2D eigenvalue weighted by molar-refractivity contribution is 7.89. The second-order valence-electron chi connectivity index (χ2n) is 4.57. The van der Waals surface area contributed by atoms with Gasteiger partial charge in [-0.05, 0) is 31.0 Å². The Morgan fingerprint density at radius 2 is 2.00 bits per heavy atom. The van der Waals surface area contributed by atoms with Gasteiger partial charge in [0.15, 0.2) is 0 Å². The summed E-state index contributed by atoms with van der Waals surface area (Å²) >= 11 is 5.85. The molecule has 1 heterocycles. The second kappa shape index (κ2) is 6.09. The predicted octanol–water partition coefficient (Wildman–Crippen LogP) is 1.35. The van der Waals surface area contributed by atoms with E-state index in [-0.39, 0.29) is 21.7 Å². The Balaban J connectivity index is 2.10. The summed E-state index contributed by atoms with van der Waals surface area (Å²) in [6.07, 6.45) is 1.35. The molecule has 1 fully saturated rings. The molecular weight excluding hydrogens is 304 g/mol. The average molecular weight is 319 g/mol. The van der Waals surface area contributed by atoms with Gasteiger partial charge in [-0.15, -0.1) is 0 Å². The summed E-state index contributed by atoms with van der Waals surface area (Å²) in [6.45, 7) is 1.15. The third kappa shape index (κ3) is 3.69. The zero-order valence-electron chi connectivity index (χ0n) is 10.6. The van der Waals surface area contributed by atoms with Crippen molar-refractivity contribution in [2.45, 2.75) is 17.7 Å². The second-order valence-corrected chi connectivity index (χ2v) is 6.50. The van der Waals surface area contributed by atoms with E-state index in [1.807, 2.05) is 0 Å². The number of carbonyl (C=O) groups excluding carboxylic acids is 1. The molecule has 1 saturated heterocycles. The van der Waals surface area contributed by atoms with Crippen molar-refractivity contribution in [3.63, 3.8) is 0 Å². The number of sulfonamides is 1. The fourth-order valence-electron chi connectivity index (χ4n) is 2.01. The minimum atomic E-state index is -3.86. The standard InChI is InChI=1S/C12H15ClN2O4S/c13-10-7-9(1-2-11(10)20(14,17)18)15-12(16)8-3-5-19-6-4-8/h1-2,7-8H,3-6H2,(H,15,16)(H2,14,17,18). The molecule has 0 atom stereocenters. The van der Waals surface area contributed by atoms with E-state index in [2.05, 4.69) is 5.32 Å². The average Bonchev–Trinajstić information content (AvgIpc) is 2.38. The number of halogens is 1. The van der Waals surface area contributed by atoms with E-state index >= 15 is 0 Å². The molecule has 0 radical (unpaired) electrons. The molecule has 0 saturated carbocycles. The molecule has 6 nitrogen and oxygen atoms in total. The van der Waals surface area contributed by atoms with Crippen LogP contribution in [0, 0.1) is 5.92 Å². The number of hydrogen-bond acceptors (Lipinski definition) is 4. The number of anilines is 1. The molecule has 1 aliphatic rings. The van der Waals surface area contributed by atoms with Gasteiger partial charge in [0.2, 0.25) is 15.9 Å². The Morgan fingerprint density at radius 1 is 1.35 bits per heavy atom. The van der Waals surface area contributed by atoms with Crippen LogP contribution in [0.3, 0.4) is 0 Å². The maximum Gasteiger partial charge on any atom is 0.239 e. The predicted molar refractivity (Wildman–Crippen MR) is 75.0 cm³/mol. The molecule has 0 unspecified atom stereocenters. The molecule has 20 heavy (non-hydrogen) atoms. The Morgan fingerprint density at radius 3 is 2.55 bits per heavy atom. The maximum absolute atomic E-state index is 12.0. The summed E-state index contributed by atoms with van der Waals surface area (Å²) in [4.78, 5) is 11.8. The van der Waals surface area contributed by atoms with Gasteiger partial charge in [0, 0.05) is 24.8 Å². The highest BCUT2D eigenvalue weighted by Crippen LogP contribution is 2.25. The first-order valence-electron chi connectivity index (χ1n) is 6.09. The number of benzene rings is 1. The molecule has 0 aromatic heterocycles. The largest absolute Gasteiger partial charge is 0.381 e. The molecular formula is C12H15ClN2O4S. The van der Waals surface area contributed by atoms with E-state index in [0.29, 0.717) is 31.7 Å². The van der Waals surface area contributed by atoms with Crippen molar-refractivity contribution < 1.29 is 17.9 Å². The first kappa shape index (κ1) is 15.2. The van der Waals surface area contributed by atoms with Crippen molar-refractivity contribution in [1.82, 2.24) is 0 Å². The lowest BCUT2D eigenvalue weighted by atomic mass is 9.99. The van der Waals surface area contributed by atoms with Crippen LogP contribution in [-0.2, 0) is 19.6 Å². The summed E-state index contributed by atoms with van der Waals surface area (Å²) in [5.41, 5.74) is 0.443. The Hall–Kier alpha value is -1.15. The van der Waals surface area contributed by atoms with Crippen LogP contribution in [0.2, 0.25) is 5.02 Å². The van der Waals surface area contributed by atoms with Crippen LogP contribution in [0.4, 0.5) is 5.69 Å². The lowest BCUT2D eigenvalue weighted by Crippen LogP contribution is -2.28. The van der Waals surface area contributed by atoms with Crippen molar-refractivity contribution in [2.24, 2.45) is 11.1 Å². The summed E-state index contributed by atoms with van der Waals surface area (Å²) in [5, 5.41) is 7.71. The van der Waals surface area contributed by atoms with Gasteiger partial charge in [-0.2, -0.15) is 0 Å². The van der Waals surface area contributed by atoms with Crippen molar-refractivity contribution in [1.29, 1.82) is 0 Å². The molecule has 110 valence electrons. The number of nitrogens with one attached hydrogen (secondary N) is 1. The Kier molecular flexibility index (Phi) is 4.64. The number of ether oxygens (including phenoxy) is 1. The van der Waals surface area contributed by atoms with E-state index in [1.54, 1.807) is 0 Å². The van der Waals surface area contributed by atoms with Crippen molar-refractivity contribution in [3.8, 4) is 0 Å². The molecule has 0 bridgehead atoms. The molecule has 3 N–H and O–H groups in total. The summed E-state index contributed by atoms with van der Waals surface area (Å²) in [6, 6.07) is 4.11. The third-order valence-corrected chi connectivity index (χ3v) is 4.49. The molecule has 1 aliphatic heterocycles. The van der Waals surface area contributed by atoms with E-state index in [4.69, 9.17) is 21.5 Å². The molecule has 0 aliphatic carbocycles. The topological polar surface area (TPSA) is 98.5 Å². The first-order valence-corrected chi connectivity index (χ1v) is 8.01. The van der Waals surface area contributed by atoms with Crippen LogP contribution in [0.25, 0.3) is 0 Å².